The molecule has 2 heteroatoms. The van der Waals surface area contributed by atoms with Gasteiger partial charge in [-0.05, 0) is 17.7 Å². The number of phenolic OH excluding ortho intramolecular Hbond substituents is 1. The second kappa shape index (κ2) is 3.21. The van der Waals surface area contributed by atoms with Gasteiger partial charge in [-0.2, -0.15) is 0 Å². The topological polar surface area (TPSA) is 46.2 Å². The van der Waals surface area contributed by atoms with Crippen molar-refractivity contribution in [3.05, 3.63) is 42.5 Å². The largest absolute Gasteiger partial charge is 0.508 e. The highest BCUT2D eigenvalue weighted by molar-refractivity contribution is 5.29. The molecule has 0 heterocycles. The summed E-state index contributed by atoms with van der Waals surface area (Å²) >= 11 is 0. The van der Waals surface area contributed by atoms with E-state index in [0.717, 1.165) is 5.56 Å². The van der Waals surface area contributed by atoms with Crippen molar-refractivity contribution in [1.82, 2.24) is 0 Å². The summed E-state index contributed by atoms with van der Waals surface area (Å²) in [5.74, 6) is 0.255. The Bertz CT molecular complexity index is 240. The molecule has 0 saturated carbocycles. The van der Waals surface area contributed by atoms with Crippen LogP contribution in [0.2, 0.25) is 0 Å². The average Bonchev–Trinajstić information content (AvgIpc) is 2.05. The van der Waals surface area contributed by atoms with Crippen molar-refractivity contribution in [3.8, 4) is 5.75 Å². The van der Waals surface area contributed by atoms with E-state index < -0.39 is 0 Å². The van der Waals surface area contributed by atoms with E-state index in [2.05, 4.69) is 6.58 Å². The van der Waals surface area contributed by atoms with E-state index in [4.69, 9.17) is 10.8 Å². The molecule has 0 bridgehead atoms. The van der Waals surface area contributed by atoms with Crippen LogP contribution in [0.1, 0.15) is 11.6 Å². The van der Waals surface area contributed by atoms with Crippen LogP contribution in [0.15, 0.2) is 36.9 Å². The summed E-state index contributed by atoms with van der Waals surface area (Å²) in [6.45, 7) is 3.57. The second-order valence-electron chi connectivity index (χ2n) is 2.35. The number of hydrogen-bond acceptors (Lipinski definition) is 2. The lowest BCUT2D eigenvalue weighted by atomic mass is 10.1. The van der Waals surface area contributed by atoms with E-state index in [-0.39, 0.29) is 11.8 Å². The predicted molar refractivity (Wildman–Crippen MR) is 45.2 cm³/mol. The standard InChI is InChI=1S/C9H11NO/c1-2-9(10)7-3-5-8(11)6-4-7/h2-6,9,11H,1,10H2. The molecular weight excluding hydrogens is 138 g/mol. The van der Waals surface area contributed by atoms with Crippen molar-refractivity contribution in [2.45, 2.75) is 6.04 Å². The molecule has 58 valence electrons. The number of hydrogen-bond donors (Lipinski definition) is 2. The van der Waals surface area contributed by atoms with Gasteiger partial charge in [0, 0.05) is 6.04 Å². The zero-order valence-electron chi connectivity index (χ0n) is 6.20. The van der Waals surface area contributed by atoms with Crippen molar-refractivity contribution in [2.24, 2.45) is 5.73 Å². The summed E-state index contributed by atoms with van der Waals surface area (Å²) in [6.07, 6.45) is 1.66. The summed E-state index contributed by atoms with van der Waals surface area (Å²) in [5, 5.41) is 8.94. The first-order valence-corrected chi connectivity index (χ1v) is 3.41. The monoisotopic (exact) mass is 149 g/mol. The van der Waals surface area contributed by atoms with Crippen molar-refractivity contribution in [1.29, 1.82) is 0 Å². The van der Waals surface area contributed by atoms with E-state index >= 15 is 0 Å². The van der Waals surface area contributed by atoms with Gasteiger partial charge in [0.25, 0.3) is 0 Å². The lowest BCUT2D eigenvalue weighted by Gasteiger charge is -2.04. The van der Waals surface area contributed by atoms with Gasteiger partial charge >= 0.3 is 0 Å². The molecule has 2 nitrogen and oxygen atoms in total. The van der Waals surface area contributed by atoms with E-state index in [9.17, 15) is 0 Å². The highest BCUT2D eigenvalue weighted by Crippen LogP contribution is 2.14. The molecule has 11 heavy (non-hydrogen) atoms. The highest BCUT2D eigenvalue weighted by atomic mass is 16.3. The van der Waals surface area contributed by atoms with E-state index in [0.29, 0.717) is 0 Å². The van der Waals surface area contributed by atoms with Crippen LogP contribution in [0.3, 0.4) is 0 Å². The normalized spacial score (nSPS) is 12.5. The van der Waals surface area contributed by atoms with Crippen LogP contribution in [0.5, 0.6) is 5.75 Å². The Labute approximate surface area is 66.0 Å². The molecule has 0 aliphatic carbocycles. The van der Waals surface area contributed by atoms with Crippen molar-refractivity contribution < 1.29 is 5.11 Å². The molecular formula is C9H11NO. The molecule has 1 rings (SSSR count). The zero-order valence-corrected chi connectivity index (χ0v) is 6.20. The number of aromatic hydroxyl groups is 1. The van der Waals surface area contributed by atoms with Gasteiger partial charge < -0.3 is 10.8 Å². The van der Waals surface area contributed by atoms with E-state index in [1.807, 2.05) is 0 Å². The minimum absolute atomic E-state index is 0.143. The van der Waals surface area contributed by atoms with E-state index in [1.165, 1.54) is 0 Å². The first-order chi connectivity index (χ1) is 5.24. The minimum Gasteiger partial charge on any atom is -0.508 e. The third-order valence-electron chi connectivity index (χ3n) is 1.53. The molecule has 1 aromatic carbocycles. The molecule has 0 radical (unpaired) electrons. The average molecular weight is 149 g/mol. The summed E-state index contributed by atoms with van der Waals surface area (Å²) in [5.41, 5.74) is 6.60. The Balaban J connectivity index is 2.89. The predicted octanol–water partition coefficient (Wildman–Crippen LogP) is 1.58. The Morgan fingerprint density at radius 3 is 2.36 bits per heavy atom. The van der Waals surface area contributed by atoms with Gasteiger partial charge in [-0.1, -0.05) is 18.2 Å². The summed E-state index contributed by atoms with van der Waals surface area (Å²) in [6, 6.07) is 6.64. The fraction of sp³-hybridized carbons (Fsp3) is 0.111. The SMILES string of the molecule is C=CC(N)c1ccc(O)cc1. The third kappa shape index (κ3) is 1.82. The zero-order chi connectivity index (χ0) is 8.27. The Hall–Kier alpha value is -1.28. The maximum Gasteiger partial charge on any atom is 0.115 e. The Morgan fingerprint density at radius 2 is 1.91 bits per heavy atom. The first kappa shape index (κ1) is 7.82. The van der Waals surface area contributed by atoms with Crippen molar-refractivity contribution >= 4 is 0 Å². The van der Waals surface area contributed by atoms with Crippen LogP contribution >= 0.6 is 0 Å². The fourth-order valence-electron chi connectivity index (χ4n) is 0.833. The van der Waals surface area contributed by atoms with Gasteiger partial charge in [0.15, 0.2) is 0 Å². The molecule has 1 atom stereocenters. The quantitative estimate of drug-likeness (QED) is 0.627. The Morgan fingerprint density at radius 1 is 1.36 bits per heavy atom. The minimum atomic E-state index is -0.143. The maximum absolute atomic E-state index is 8.94. The number of phenols is 1. The molecule has 0 aliphatic rings. The molecule has 1 unspecified atom stereocenters. The van der Waals surface area contributed by atoms with Gasteiger partial charge in [0.2, 0.25) is 0 Å². The van der Waals surface area contributed by atoms with Gasteiger partial charge in [-0.15, -0.1) is 6.58 Å². The third-order valence-corrected chi connectivity index (χ3v) is 1.53. The fourth-order valence-corrected chi connectivity index (χ4v) is 0.833. The lowest BCUT2D eigenvalue weighted by Crippen LogP contribution is -2.05. The second-order valence-corrected chi connectivity index (χ2v) is 2.35. The van der Waals surface area contributed by atoms with Crippen molar-refractivity contribution in [2.75, 3.05) is 0 Å². The maximum atomic E-state index is 8.94. The summed E-state index contributed by atoms with van der Waals surface area (Å²) in [4.78, 5) is 0. The molecule has 0 saturated heterocycles. The van der Waals surface area contributed by atoms with Crippen LogP contribution in [0.25, 0.3) is 0 Å². The van der Waals surface area contributed by atoms with Gasteiger partial charge in [0.05, 0.1) is 0 Å². The van der Waals surface area contributed by atoms with Crippen LogP contribution in [-0.4, -0.2) is 5.11 Å². The summed E-state index contributed by atoms with van der Waals surface area (Å²) in [7, 11) is 0. The van der Waals surface area contributed by atoms with Crippen LogP contribution in [0, 0.1) is 0 Å². The van der Waals surface area contributed by atoms with Crippen LogP contribution in [0.4, 0.5) is 0 Å². The molecule has 0 fully saturated rings. The molecule has 0 spiro atoms. The smallest absolute Gasteiger partial charge is 0.115 e. The molecule has 1 aromatic rings. The van der Waals surface area contributed by atoms with Gasteiger partial charge in [-0.3, -0.25) is 0 Å². The molecule has 0 aliphatic heterocycles. The molecule has 0 amide bonds. The lowest BCUT2D eigenvalue weighted by molar-refractivity contribution is 0.475. The number of nitrogens with two attached hydrogens (primary N) is 1. The van der Waals surface area contributed by atoms with Crippen molar-refractivity contribution in [3.63, 3.8) is 0 Å². The molecule has 0 aromatic heterocycles. The first-order valence-electron chi connectivity index (χ1n) is 3.41. The highest BCUT2D eigenvalue weighted by Gasteiger charge is 1.98. The number of rotatable bonds is 2. The van der Waals surface area contributed by atoms with Gasteiger partial charge in [0.1, 0.15) is 5.75 Å². The molecule has 3 N–H and O–H groups in total. The van der Waals surface area contributed by atoms with Crippen LogP contribution < -0.4 is 5.73 Å². The Kier molecular flexibility index (Phi) is 2.28. The number of benzene rings is 1. The van der Waals surface area contributed by atoms with Gasteiger partial charge in [-0.25, -0.2) is 0 Å². The van der Waals surface area contributed by atoms with Crippen LogP contribution in [-0.2, 0) is 0 Å². The van der Waals surface area contributed by atoms with E-state index in [1.54, 1.807) is 30.3 Å². The summed E-state index contributed by atoms with van der Waals surface area (Å²) < 4.78 is 0.